The fourth-order valence-corrected chi connectivity index (χ4v) is 9.43. The summed E-state index contributed by atoms with van der Waals surface area (Å²) in [5.41, 5.74) is 5.37. The molecule has 0 aliphatic carbocycles. The molecule has 0 aromatic heterocycles. The summed E-state index contributed by atoms with van der Waals surface area (Å²) in [7, 11) is -4.41. The number of phosphoric ester groups is 1. The molecule has 424 valence electrons. The Balaban J connectivity index is 3.91. The summed E-state index contributed by atoms with van der Waals surface area (Å²) in [4.78, 5) is 35.1. The Morgan fingerprint density at radius 1 is 0.425 bits per heavy atom. The highest BCUT2D eigenvalue weighted by atomic mass is 31.2. The highest BCUT2D eigenvalue weighted by molar-refractivity contribution is 7.47. The lowest BCUT2D eigenvalue weighted by molar-refractivity contribution is -0.161. The number of esters is 2. The van der Waals surface area contributed by atoms with Crippen LogP contribution in [0.25, 0.3) is 0 Å². The number of ether oxygens (including phenoxy) is 2. The van der Waals surface area contributed by atoms with E-state index in [0.29, 0.717) is 6.42 Å². The van der Waals surface area contributed by atoms with Gasteiger partial charge >= 0.3 is 19.8 Å². The van der Waals surface area contributed by atoms with Gasteiger partial charge in [-0.05, 0) is 51.4 Å². The van der Waals surface area contributed by atoms with E-state index in [1.165, 1.54) is 193 Å². The van der Waals surface area contributed by atoms with Gasteiger partial charge in [-0.15, -0.1) is 0 Å². The second-order valence-corrected chi connectivity index (χ2v) is 21.7. The van der Waals surface area contributed by atoms with E-state index in [0.717, 1.165) is 57.8 Å². The first-order chi connectivity index (χ1) is 35.8. The van der Waals surface area contributed by atoms with E-state index in [-0.39, 0.29) is 32.6 Å². The number of unbranched alkanes of at least 4 members (excludes halogenated alkanes) is 32. The highest BCUT2D eigenvalue weighted by Crippen LogP contribution is 2.43. The SMILES string of the molecule is CC/C=C\C/C=C\C/C=C\C/C=C\C/C=C\C/C=C\CCC(=O)OC(COC(=O)CCCCCCCCCCCCCCCCCCCCCCCCCCCCCCCCCCC)COP(=O)(O)OCCN. The van der Waals surface area contributed by atoms with Gasteiger partial charge in [-0.1, -0.05) is 292 Å². The van der Waals surface area contributed by atoms with Crippen LogP contribution in [0.5, 0.6) is 0 Å². The fraction of sp³-hybridized carbons (Fsp3) is 0.778. The monoisotopic (exact) mass is 1040 g/mol. The van der Waals surface area contributed by atoms with Gasteiger partial charge in [-0.3, -0.25) is 18.6 Å². The molecule has 0 fully saturated rings. The fourth-order valence-electron chi connectivity index (χ4n) is 8.67. The largest absolute Gasteiger partial charge is 0.472 e. The molecule has 3 N–H and O–H groups in total. The van der Waals surface area contributed by atoms with Gasteiger partial charge in [0.05, 0.1) is 13.2 Å². The van der Waals surface area contributed by atoms with Gasteiger partial charge in [-0.2, -0.15) is 0 Å². The minimum Gasteiger partial charge on any atom is -0.462 e. The molecule has 0 aliphatic rings. The average Bonchev–Trinajstić information content (AvgIpc) is 3.38. The molecule has 0 amide bonds. The Morgan fingerprint density at radius 2 is 0.753 bits per heavy atom. The predicted molar refractivity (Wildman–Crippen MR) is 312 cm³/mol. The maximum absolute atomic E-state index is 12.6. The van der Waals surface area contributed by atoms with E-state index in [4.69, 9.17) is 24.3 Å². The standard InChI is InChI=1S/C63H114NO8P/c1-3-5-7-9-11-13-15-17-19-21-23-24-25-26-27-28-29-30-31-32-33-34-35-36-38-39-41-43-45-47-49-51-53-55-62(65)69-59-61(60-71-73(67,68)70-58-57-64)72-63(66)56-54-52-50-48-46-44-42-40-37-22-20-18-16-14-12-10-8-6-4-2/h6,8,12,14,18,20,37,40,44,46,50,52,61H,3-5,7,9-11,13,15-17,19,21-36,38-39,41-43,45,47-49,51,53-60,64H2,1-2H3,(H,67,68)/b8-6-,14-12-,20-18-,40-37-,46-44-,52-50-. The third-order valence-corrected chi connectivity index (χ3v) is 14.1. The summed E-state index contributed by atoms with van der Waals surface area (Å²) < 4.78 is 32.9. The van der Waals surface area contributed by atoms with Crippen LogP contribution in [0.4, 0.5) is 0 Å². The minimum absolute atomic E-state index is 0.0400. The molecule has 0 heterocycles. The van der Waals surface area contributed by atoms with Crippen LogP contribution in [0.1, 0.15) is 284 Å². The summed E-state index contributed by atoms with van der Waals surface area (Å²) in [5, 5.41) is 0. The van der Waals surface area contributed by atoms with Gasteiger partial charge in [0.15, 0.2) is 6.10 Å². The molecule has 0 aromatic carbocycles. The Labute approximate surface area is 450 Å². The van der Waals surface area contributed by atoms with Crippen molar-refractivity contribution in [3.63, 3.8) is 0 Å². The molecule has 0 saturated carbocycles. The predicted octanol–water partition coefficient (Wildman–Crippen LogP) is 19.3. The van der Waals surface area contributed by atoms with Crippen molar-refractivity contribution in [1.29, 1.82) is 0 Å². The van der Waals surface area contributed by atoms with Crippen LogP contribution in [-0.2, 0) is 32.7 Å². The van der Waals surface area contributed by atoms with Crippen LogP contribution in [0.15, 0.2) is 72.9 Å². The second kappa shape index (κ2) is 58.7. The van der Waals surface area contributed by atoms with Gasteiger partial charge < -0.3 is 20.1 Å². The Morgan fingerprint density at radius 3 is 1.10 bits per heavy atom. The molecule has 2 unspecified atom stereocenters. The summed E-state index contributed by atoms with van der Waals surface area (Å²) in [6.07, 6.45) is 75.8. The molecule has 73 heavy (non-hydrogen) atoms. The zero-order valence-corrected chi connectivity index (χ0v) is 48.3. The van der Waals surface area contributed by atoms with Crippen LogP contribution >= 0.6 is 7.82 Å². The number of carbonyl (C=O) groups is 2. The number of hydrogen-bond acceptors (Lipinski definition) is 8. The molecule has 0 radical (unpaired) electrons. The first-order valence-corrected chi connectivity index (χ1v) is 31.9. The molecular formula is C63H114NO8P. The van der Waals surface area contributed by atoms with Crippen molar-refractivity contribution in [3.8, 4) is 0 Å². The summed E-state index contributed by atoms with van der Waals surface area (Å²) in [5.74, 6) is -0.919. The third kappa shape index (κ3) is 58.6. The van der Waals surface area contributed by atoms with E-state index in [1.807, 2.05) is 12.2 Å². The zero-order valence-electron chi connectivity index (χ0n) is 47.4. The average molecular weight is 1040 g/mol. The first kappa shape index (κ1) is 70.5. The lowest BCUT2D eigenvalue weighted by Crippen LogP contribution is -2.29. The molecule has 0 aliphatic heterocycles. The van der Waals surface area contributed by atoms with Crippen LogP contribution in [0.3, 0.4) is 0 Å². The van der Waals surface area contributed by atoms with Crippen LogP contribution in [-0.4, -0.2) is 49.3 Å². The van der Waals surface area contributed by atoms with Crippen LogP contribution in [0, 0.1) is 0 Å². The number of phosphoric acid groups is 1. The van der Waals surface area contributed by atoms with Crippen molar-refractivity contribution in [2.24, 2.45) is 5.73 Å². The molecule has 0 spiro atoms. The van der Waals surface area contributed by atoms with Crippen LogP contribution < -0.4 is 5.73 Å². The van der Waals surface area contributed by atoms with E-state index in [2.05, 4.69) is 74.6 Å². The first-order valence-electron chi connectivity index (χ1n) is 30.4. The van der Waals surface area contributed by atoms with Crippen molar-refractivity contribution < 1.29 is 37.6 Å². The third-order valence-electron chi connectivity index (χ3n) is 13.1. The lowest BCUT2D eigenvalue weighted by atomic mass is 10.0. The Hall–Kier alpha value is -2.55. The molecule has 0 rings (SSSR count). The van der Waals surface area contributed by atoms with Crippen molar-refractivity contribution in [1.82, 2.24) is 0 Å². The molecule has 9 nitrogen and oxygen atoms in total. The van der Waals surface area contributed by atoms with Crippen molar-refractivity contribution >= 4 is 19.8 Å². The summed E-state index contributed by atoms with van der Waals surface area (Å²) >= 11 is 0. The normalized spacial score (nSPS) is 13.5. The molecule has 10 heteroatoms. The minimum atomic E-state index is -4.41. The molecular weight excluding hydrogens is 930 g/mol. The number of hydrogen-bond donors (Lipinski definition) is 2. The van der Waals surface area contributed by atoms with Crippen LogP contribution in [0.2, 0.25) is 0 Å². The van der Waals surface area contributed by atoms with Gasteiger partial charge in [0.2, 0.25) is 0 Å². The number of allylic oxidation sites excluding steroid dienone is 12. The molecule has 0 aromatic rings. The smallest absolute Gasteiger partial charge is 0.462 e. The van der Waals surface area contributed by atoms with E-state index in [9.17, 15) is 19.0 Å². The number of carbonyl (C=O) groups excluding carboxylic acids is 2. The summed E-state index contributed by atoms with van der Waals surface area (Å²) in [6.45, 7) is 3.57. The van der Waals surface area contributed by atoms with Gasteiger partial charge in [0.1, 0.15) is 6.61 Å². The molecule has 0 saturated heterocycles. The maximum atomic E-state index is 12.6. The van der Waals surface area contributed by atoms with Crippen molar-refractivity contribution in [2.45, 2.75) is 290 Å². The highest BCUT2D eigenvalue weighted by Gasteiger charge is 2.26. The zero-order chi connectivity index (χ0) is 53.1. The van der Waals surface area contributed by atoms with Gasteiger partial charge in [0.25, 0.3) is 0 Å². The molecule has 2 atom stereocenters. The summed E-state index contributed by atoms with van der Waals surface area (Å²) in [6, 6.07) is 0. The van der Waals surface area contributed by atoms with Gasteiger partial charge in [-0.25, -0.2) is 4.57 Å². The number of rotatable bonds is 57. The second-order valence-electron chi connectivity index (χ2n) is 20.2. The lowest BCUT2D eigenvalue weighted by Gasteiger charge is -2.19. The van der Waals surface area contributed by atoms with Crippen molar-refractivity contribution in [2.75, 3.05) is 26.4 Å². The maximum Gasteiger partial charge on any atom is 0.472 e. The van der Waals surface area contributed by atoms with E-state index in [1.54, 1.807) is 0 Å². The molecule has 0 bridgehead atoms. The quantitative estimate of drug-likeness (QED) is 0.0264. The van der Waals surface area contributed by atoms with Gasteiger partial charge in [0, 0.05) is 19.4 Å². The van der Waals surface area contributed by atoms with E-state index >= 15 is 0 Å². The Kier molecular flexibility index (Phi) is 56.7. The Bertz CT molecular complexity index is 1420. The number of nitrogens with two attached hydrogens (primary N) is 1. The topological polar surface area (TPSA) is 134 Å². The van der Waals surface area contributed by atoms with E-state index < -0.39 is 32.5 Å². The van der Waals surface area contributed by atoms with Crippen molar-refractivity contribution in [3.05, 3.63) is 72.9 Å².